The molecule has 416 valence electrons. The molecular weight excluding hydrogens is 1010 g/mol. The molecule has 0 spiro atoms. The number of unbranched alkanes of at least 4 members (excludes halogenated alkanes) is 2. The lowest BCUT2D eigenvalue weighted by atomic mass is 9.91. The number of esters is 1. The van der Waals surface area contributed by atoms with E-state index in [0.717, 1.165) is 33.5 Å². The van der Waals surface area contributed by atoms with Crippen molar-refractivity contribution in [2.45, 2.75) is 117 Å². The fourth-order valence-corrected chi connectivity index (χ4v) is 9.80. The lowest BCUT2D eigenvalue weighted by molar-refractivity contribution is -0.143. The summed E-state index contributed by atoms with van der Waals surface area (Å²) in [6.07, 6.45) is 2.48. The number of fused-ring (bicyclic) bond motifs is 4. The van der Waals surface area contributed by atoms with Crippen LogP contribution in [0.15, 0.2) is 97.8 Å². The maximum atomic E-state index is 14.2. The summed E-state index contributed by atoms with van der Waals surface area (Å²) in [5.41, 5.74) is 3.16. The molecule has 3 N–H and O–H groups in total. The number of methoxy groups -OCH3 is 2. The number of carbonyl (C=O) groups is 7. The van der Waals surface area contributed by atoms with Crippen molar-refractivity contribution in [3.63, 3.8) is 0 Å². The van der Waals surface area contributed by atoms with Crippen molar-refractivity contribution >= 4 is 53.0 Å². The summed E-state index contributed by atoms with van der Waals surface area (Å²) in [5.74, 6) is -2.25. The summed E-state index contributed by atoms with van der Waals surface area (Å²) in [7, 11) is 2.84. The van der Waals surface area contributed by atoms with E-state index >= 15 is 0 Å². The number of Topliss-reactive ketones (excluding diaryl/α,β-unsaturated/α-hetero) is 1. The fraction of sp³-hybridized carbons (Fsp3) is 0.421. The predicted molar refractivity (Wildman–Crippen MR) is 283 cm³/mol. The highest BCUT2D eigenvalue weighted by atomic mass is 16.6. The lowest BCUT2D eigenvalue weighted by Crippen LogP contribution is -2.50. The van der Waals surface area contributed by atoms with Crippen LogP contribution in [0.25, 0.3) is 0 Å². The number of hydrogen-bond acceptors (Lipinski definition) is 16. The average Bonchev–Trinajstić information content (AvgIpc) is 4.19. The summed E-state index contributed by atoms with van der Waals surface area (Å²) in [6.45, 7) is 15.8. The number of anilines is 2. The fourth-order valence-electron chi connectivity index (χ4n) is 9.80. The van der Waals surface area contributed by atoms with E-state index in [2.05, 4.69) is 18.5 Å². The van der Waals surface area contributed by atoms with Crippen LogP contribution in [0, 0.1) is 11.8 Å². The molecule has 21 nitrogen and oxygen atoms in total. The van der Waals surface area contributed by atoms with Gasteiger partial charge >= 0.3 is 18.2 Å². The Morgan fingerprint density at radius 3 is 1.65 bits per heavy atom. The molecule has 78 heavy (non-hydrogen) atoms. The Morgan fingerprint density at radius 1 is 0.692 bits per heavy atom. The summed E-state index contributed by atoms with van der Waals surface area (Å²) >= 11 is 0. The van der Waals surface area contributed by atoms with Gasteiger partial charge in [0.25, 0.3) is 11.8 Å². The number of benzene rings is 3. The van der Waals surface area contributed by atoms with Gasteiger partial charge in [0.1, 0.15) is 6.61 Å². The monoisotopic (exact) mass is 1080 g/mol. The van der Waals surface area contributed by atoms with E-state index in [1.165, 1.54) is 48.3 Å². The third kappa shape index (κ3) is 12.6. The van der Waals surface area contributed by atoms with Crippen molar-refractivity contribution in [1.82, 2.24) is 15.1 Å². The SMILES string of the molecule is C=COC(=O)C[C@H](C(=O)N[C@@H](C)C(=O)Cc1ccc(COC(=O)N2c3cc(OCCCCCOc4cc5c(cc4OC)C(=O)N4C=C(C)C[C@H]4[C@H](O)N5C(=O)OC=C)c(OC)cc3C(=O)N3C=C(C)C[C@H]3[C@@H]2O)cc1)C(C)C. The molecule has 21 heteroatoms. The number of amides is 5. The summed E-state index contributed by atoms with van der Waals surface area (Å²) in [5, 5.41) is 26.1. The maximum Gasteiger partial charge on any atom is 0.421 e. The van der Waals surface area contributed by atoms with Gasteiger partial charge in [0, 0.05) is 31.0 Å². The van der Waals surface area contributed by atoms with E-state index < -0.39 is 72.4 Å². The molecule has 4 aliphatic heterocycles. The van der Waals surface area contributed by atoms with Crippen molar-refractivity contribution in [2.24, 2.45) is 11.8 Å². The number of nitrogens with one attached hydrogen (secondary N) is 1. The van der Waals surface area contributed by atoms with Gasteiger partial charge in [-0.3, -0.25) is 24.0 Å². The second-order valence-electron chi connectivity index (χ2n) is 19.8. The standard InChI is InChI=1S/C57H67N5O16/c1-10-74-50(64)26-38(32(3)4)51(65)58-35(7)45(63)23-36-15-17-37(18-16-36)31-78-57(71)62-42-28-49(47(73-9)25-40(42)53(67)60-30-34(6)22-44(60)55(62)69)77-20-14-12-13-19-76-48-27-41-39(24-46(48)72-8)52(66)59-29-33(5)21-43(59)54(68)61(41)56(70)75-11-2/h10-11,15-18,24-25,27-30,32,35,38,43-44,54-55,68-69H,1-2,12-14,19-23,26,31H2,3-9H3,(H,58,65)/t35-,38-,43-,44-,54-,55-/m0/s1. The first-order valence-electron chi connectivity index (χ1n) is 25.6. The van der Waals surface area contributed by atoms with Crippen LogP contribution in [-0.4, -0.2) is 120 Å². The number of hydrogen-bond donors (Lipinski definition) is 3. The van der Waals surface area contributed by atoms with Crippen LogP contribution in [0.4, 0.5) is 21.0 Å². The van der Waals surface area contributed by atoms with Gasteiger partial charge in [-0.2, -0.15) is 0 Å². The van der Waals surface area contributed by atoms with Crippen molar-refractivity contribution in [1.29, 1.82) is 0 Å². The van der Waals surface area contributed by atoms with Gasteiger partial charge in [-0.25, -0.2) is 19.4 Å². The van der Waals surface area contributed by atoms with Crippen LogP contribution in [0.5, 0.6) is 23.0 Å². The van der Waals surface area contributed by atoms with Crippen molar-refractivity contribution in [3.8, 4) is 23.0 Å². The zero-order valence-corrected chi connectivity index (χ0v) is 44.9. The molecule has 4 aliphatic rings. The first-order valence-corrected chi connectivity index (χ1v) is 25.6. The Morgan fingerprint density at radius 2 is 1.18 bits per heavy atom. The van der Waals surface area contributed by atoms with Crippen LogP contribution < -0.4 is 34.1 Å². The first-order chi connectivity index (χ1) is 37.3. The number of carbonyl (C=O) groups excluding carboxylic acids is 7. The van der Waals surface area contributed by atoms with E-state index in [0.29, 0.717) is 43.2 Å². The number of ether oxygens (including phenoxy) is 7. The zero-order chi connectivity index (χ0) is 56.5. The van der Waals surface area contributed by atoms with Crippen molar-refractivity contribution < 1.29 is 76.9 Å². The smallest absolute Gasteiger partial charge is 0.421 e. The molecule has 5 amide bonds. The first kappa shape index (κ1) is 57.5. The molecular formula is C57H67N5O16. The molecule has 0 saturated heterocycles. The maximum absolute atomic E-state index is 14.2. The normalized spacial score (nSPS) is 19.1. The minimum atomic E-state index is -1.53. The Bertz CT molecular complexity index is 2880. The minimum absolute atomic E-state index is 0.0104. The van der Waals surface area contributed by atoms with Crippen molar-refractivity contribution in [3.05, 3.63) is 120 Å². The second-order valence-corrected chi connectivity index (χ2v) is 19.8. The van der Waals surface area contributed by atoms with Crippen LogP contribution in [0.2, 0.25) is 0 Å². The third-order valence-corrected chi connectivity index (χ3v) is 14.0. The van der Waals surface area contributed by atoms with Crippen LogP contribution in [-0.2, 0) is 41.6 Å². The third-order valence-electron chi connectivity index (χ3n) is 14.0. The van der Waals surface area contributed by atoms with Gasteiger partial charge in [-0.05, 0) is 82.1 Å². The van der Waals surface area contributed by atoms with Gasteiger partial charge in [0.15, 0.2) is 41.2 Å². The highest BCUT2D eigenvalue weighted by molar-refractivity contribution is 6.07. The van der Waals surface area contributed by atoms with Gasteiger partial charge in [0.05, 0.1) is 92.9 Å². The predicted octanol–water partition coefficient (Wildman–Crippen LogP) is 7.43. The van der Waals surface area contributed by atoms with E-state index in [9.17, 15) is 43.8 Å². The highest BCUT2D eigenvalue weighted by Crippen LogP contribution is 2.44. The summed E-state index contributed by atoms with van der Waals surface area (Å²) in [6, 6.07) is 10.2. The molecule has 7 rings (SSSR count). The number of ketones is 1. The van der Waals surface area contributed by atoms with E-state index in [-0.39, 0.29) is 89.9 Å². The number of nitrogens with zero attached hydrogens (tertiary/aromatic N) is 4. The molecule has 3 aromatic rings. The summed E-state index contributed by atoms with van der Waals surface area (Å²) < 4.78 is 39.3. The van der Waals surface area contributed by atoms with Crippen LogP contribution >= 0.6 is 0 Å². The topological polar surface area (TPSA) is 250 Å². The molecule has 0 saturated carbocycles. The lowest BCUT2D eigenvalue weighted by Gasteiger charge is -2.31. The van der Waals surface area contributed by atoms with E-state index in [4.69, 9.17) is 33.2 Å². The Labute approximate surface area is 452 Å². The highest BCUT2D eigenvalue weighted by Gasteiger charge is 2.47. The molecule has 0 unspecified atom stereocenters. The van der Waals surface area contributed by atoms with E-state index in [1.807, 2.05) is 13.8 Å². The minimum Gasteiger partial charge on any atom is -0.493 e. The Hall–Kier alpha value is -8.17. The number of aliphatic hydroxyl groups excluding tert-OH is 2. The average molecular weight is 1080 g/mol. The molecule has 3 aromatic carbocycles. The van der Waals surface area contributed by atoms with Gasteiger partial charge in [-0.15, -0.1) is 0 Å². The Balaban J connectivity index is 0.985. The Kier molecular flexibility index (Phi) is 18.7. The van der Waals surface area contributed by atoms with Gasteiger partial charge < -0.3 is 58.5 Å². The van der Waals surface area contributed by atoms with Gasteiger partial charge in [0.2, 0.25) is 5.91 Å². The molecule has 6 atom stereocenters. The van der Waals surface area contributed by atoms with Crippen molar-refractivity contribution in [2.75, 3.05) is 37.2 Å². The second kappa shape index (κ2) is 25.3. The molecule has 0 bridgehead atoms. The molecule has 0 radical (unpaired) electrons. The molecule has 0 aromatic heterocycles. The number of aliphatic hydroxyl groups is 2. The zero-order valence-electron chi connectivity index (χ0n) is 44.9. The summed E-state index contributed by atoms with van der Waals surface area (Å²) in [4.78, 5) is 98.5. The van der Waals surface area contributed by atoms with E-state index in [1.54, 1.807) is 57.4 Å². The van der Waals surface area contributed by atoms with Crippen LogP contribution in [0.3, 0.4) is 0 Å². The van der Waals surface area contributed by atoms with Crippen LogP contribution in [0.1, 0.15) is 105 Å². The quantitative estimate of drug-likeness (QED) is 0.0383. The molecule has 0 fully saturated rings. The molecule has 4 heterocycles. The van der Waals surface area contributed by atoms with Gasteiger partial charge in [-0.1, -0.05) is 62.4 Å². The largest absolute Gasteiger partial charge is 0.493 e. The number of rotatable bonds is 22. The molecule has 0 aliphatic carbocycles.